The molecule has 7 heteroatoms. The van der Waals surface area contributed by atoms with Gasteiger partial charge in [0.15, 0.2) is 5.69 Å². The molecule has 2 aromatic rings. The van der Waals surface area contributed by atoms with Crippen LogP contribution in [0.15, 0.2) is 30.3 Å². The zero-order valence-electron chi connectivity index (χ0n) is 14.4. The van der Waals surface area contributed by atoms with Crippen molar-refractivity contribution in [3.8, 4) is 5.75 Å². The van der Waals surface area contributed by atoms with Gasteiger partial charge in [0.1, 0.15) is 11.6 Å². The van der Waals surface area contributed by atoms with E-state index in [1.54, 1.807) is 44.5 Å². The summed E-state index contributed by atoms with van der Waals surface area (Å²) in [5.41, 5.74) is 0.896. The van der Waals surface area contributed by atoms with E-state index in [1.807, 2.05) is 0 Å². The quantitative estimate of drug-likeness (QED) is 0.875. The smallest absolute Gasteiger partial charge is 0.276 e. The molecule has 0 unspecified atom stereocenters. The average molecular weight is 342 g/mol. The van der Waals surface area contributed by atoms with Gasteiger partial charge in [-0.25, -0.2) is 0 Å². The molecule has 0 atom stereocenters. The van der Waals surface area contributed by atoms with Gasteiger partial charge in [0, 0.05) is 24.7 Å². The van der Waals surface area contributed by atoms with Crippen LogP contribution in [-0.2, 0) is 11.8 Å². The highest BCUT2D eigenvalue weighted by molar-refractivity contribution is 6.04. The lowest BCUT2D eigenvalue weighted by atomic mass is 10.1. The molecule has 1 aliphatic carbocycles. The minimum atomic E-state index is -0.331. The number of hydrogen-bond acceptors (Lipinski definition) is 4. The van der Waals surface area contributed by atoms with Crippen LogP contribution in [0.5, 0.6) is 5.75 Å². The monoisotopic (exact) mass is 342 g/mol. The van der Waals surface area contributed by atoms with Gasteiger partial charge < -0.3 is 15.4 Å². The summed E-state index contributed by atoms with van der Waals surface area (Å²) in [6, 6.07) is 8.62. The molecule has 2 N–H and O–H groups in total. The number of anilines is 2. The lowest BCUT2D eigenvalue weighted by molar-refractivity contribution is -0.119. The fraction of sp³-hybridized carbons (Fsp3) is 0.389. The van der Waals surface area contributed by atoms with Crippen molar-refractivity contribution in [3.05, 3.63) is 36.0 Å². The standard InChI is InChI=1S/C18H22N4O3/c1-22-16(20-17(23)12-5-3-4-6-12)11-15(21-22)18(24)19-13-7-9-14(25-2)10-8-13/h7-12H,3-6H2,1-2H3,(H,19,24)(H,20,23). The van der Waals surface area contributed by atoms with Crippen molar-refractivity contribution in [2.24, 2.45) is 13.0 Å². The Hall–Kier alpha value is -2.83. The van der Waals surface area contributed by atoms with E-state index in [0.717, 1.165) is 25.7 Å². The molecule has 0 aliphatic heterocycles. The normalized spacial score (nSPS) is 14.3. The molecule has 25 heavy (non-hydrogen) atoms. The van der Waals surface area contributed by atoms with Crippen LogP contribution in [0.1, 0.15) is 36.2 Å². The van der Waals surface area contributed by atoms with Gasteiger partial charge in [0.2, 0.25) is 5.91 Å². The van der Waals surface area contributed by atoms with Crippen molar-refractivity contribution in [3.63, 3.8) is 0 Å². The molecule has 1 heterocycles. The van der Waals surface area contributed by atoms with E-state index in [-0.39, 0.29) is 23.4 Å². The van der Waals surface area contributed by atoms with Gasteiger partial charge in [0.25, 0.3) is 5.91 Å². The first-order valence-electron chi connectivity index (χ1n) is 8.37. The van der Waals surface area contributed by atoms with Crippen molar-refractivity contribution in [1.29, 1.82) is 0 Å². The number of hydrogen-bond donors (Lipinski definition) is 2. The topological polar surface area (TPSA) is 85.3 Å². The van der Waals surface area contributed by atoms with E-state index in [9.17, 15) is 9.59 Å². The van der Waals surface area contributed by atoms with Gasteiger partial charge in [0.05, 0.1) is 7.11 Å². The fourth-order valence-electron chi connectivity index (χ4n) is 2.98. The highest BCUT2D eigenvalue weighted by Gasteiger charge is 2.24. The highest BCUT2D eigenvalue weighted by Crippen LogP contribution is 2.26. The first-order valence-corrected chi connectivity index (χ1v) is 8.37. The van der Waals surface area contributed by atoms with E-state index < -0.39 is 0 Å². The summed E-state index contributed by atoms with van der Waals surface area (Å²) in [6.45, 7) is 0. The maximum atomic E-state index is 12.3. The van der Waals surface area contributed by atoms with E-state index in [1.165, 1.54) is 4.68 Å². The molecule has 7 nitrogen and oxygen atoms in total. The summed E-state index contributed by atoms with van der Waals surface area (Å²) in [7, 11) is 3.29. The Balaban J connectivity index is 1.65. The van der Waals surface area contributed by atoms with E-state index in [0.29, 0.717) is 17.3 Å². The summed E-state index contributed by atoms with van der Waals surface area (Å²) in [5, 5.41) is 9.83. The number of nitrogens with one attached hydrogen (secondary N) is 2. The summed E-state index contributed by atoms with van der Waals surface area (Å²) in [6.07, 6.45) is 4.04. The summed E-state index contributed by atoms with van der Waals surface area (Å²) >= 11 is 0. The molecule has 0 bridgehead atoms. The zero-order valence-corrected chi connectivity index (χ0v) is 14.4. The van der Waals surface area contributed by atoms with Crippen LogP contribution in [0, 0.1) is 5.92 Å². The number of aryl methyl sites for hydroxylation is 1. The van der Waals surface area contributed by atoms with Crippen LogP contribution in [0.3, 0.4) is 0 Å². The lowest BCUT2D eigenvalue weighted by Gasteiger charge is -2.09. The average Bonchev–Trinajstić information content (AvgIpc) is 3.26. The van der Waals surface area contributed by atoms with E-state index in [4.69, 9.17) is 4.74 Å². The van der Waals surface area contributed by atoms with Crippen LogP contribution in [-0.4, -0.2) is 28.7 Å². The molecule has 0 saturated heterocycles. The molecule has 1 saturated carbocycles. The number of amides is 2. The fourth-order valence-corrected chi connectivity index (χ4v) is 2.98. The minimum absolute atomic E-state index is 0.00242. The first kappa shape index (κ1) is 17.0. The number of ether oxygens (including phenoxy) is 1. The molecule has 0 radical (unpaired) electrons. The van der Waals surface area contributed by atoms with Gasteiger partial charge in [-0.2, -0.15) is 5.10 Å². The highest BCUT2D eigenvalue weighted by atomic mass is 16.5. The number of benzene rings is 1. The minimum Gasteiger partial charge on any atom is -0.497 e. The van der Waals surface area contributed by atoms with Crippen molar-refractivity contribution >= 4 is 23.3 Å². The van der Waals surface area contributed by atoms with Gasteiger partial charge in [-0.15, -0.1) is 0 Å². The van der Waals surface area contributed by atoms with Crippen LogP contribution in [0.4, 0.5) is 11.5 Å². The van der Waals surface area contributed by atoms with Crippen molar-refractivity contribution in [1.82, 2.24) is 9.78 Å². The second-order valence-electron chi connectivity index (χ2n) is 6.19. The molecule has 2 amide bonds. The van der Waals surface area contributed by atoms with Crippen LogP contribution in [0.25, 0.3) is 0 Å². The maximum Gasteiger partial charge on any atom is 0.276 e. The number of aromatic nitrogens is 2. The third kappa shape index (κ3) is 3.99. The Labute approximate surface area is 146 Å². The molecule has 3 rings (SSSR count). The van der Waals surface area contributed by atoms with Crippen LogP contribution >= 0.6 is 0 Å². The molecule has 1 aromatic heterocycles. The van der Waals surface area contributed by atoms with Gasteiger partial charge >= 0.3 is 0 Å². The number of carbonyl (C=O) groups excluding carboxylic acids is 2. The third-order valence-electron chi connectivity index (χ3n) is 4.44. The Morgan fingerprint density at radius 2 is 1.84 bits per heavy atom. The summed E-state index contributed by atoms with van der Waals surface area (Å²) < 4.78 is 6.60. The molecular formula is C18H22N4O3. The predicted octanol–water partition coefficient (Wildman–Crippen LogP) is 2.81. The largest absolute Gasteiger partial charge is 0.497 e. The third-order valence-corrected chi connectivity index (χ3v) is 4.44. The Morgan fingerprint density at radius 1 is 1.16 bits per heavy atom. The maximum absolute atomic E-state index is 12.3. The molecule has 1 fully saturated rings. The second-order valence-corrected chi connectivity index (χ2v) is 6.19. The Morgan fingerprint density at radius 3 is 2.48 bits per heavy atom. The Bertz CT molecular complexity index is 761. The van der Waals surface area contributed by atoms with Gasteiger partial charge in [-0.1, -0.05) is 12.8 Å². The number of carbonyl (C=O) groups is 2. The van der Waals surface area contributed by atoms with Crippen LogP contribution < -0.4 is 15.4 Å². The van der Waals surface area contributed by atoms with Crippen LogP contribution in [0.2, 0.25) is 0 Å². The van der Waals surface area contributed by atoms with E-state index >= 15 is 0 Å². The second kappa shape index (κ2) is 7.38. The molecular weight excluding hydrogens is 320 g/mol. The van der Waals surface area contributed by atoms with Crippen molar-refractivity contribution < 1.29 is 14.3 Å². The first-order chi connectivity index (χ1) is 12.1. The number of nitrogens with zero attached hydrogens (tertiary/aromatic N) is 2. The Kier molecular flexibility index (Phi) is 5.02. The van der Waals surface area contributed by atoms with Crippen molar-refractivity contribution in [2.45, 2.75) is 25.7 Å². The SMILES string of the molecule is COc1ccc(NC(=O)c2cc(NC(=O)C3CCCC3)n(C)n2)cc1. The van der Waals surface area contributed by atoms with Gasteiger partial charge in [-0.3, -0.25) is 14.3 Å². The summed E-state index contributed by atoms with van der Waals surface area (Å²) in [4.78, 5) is 24.6. The van der Waals surface area contributed by atoms with E-state index in [2.05, 4.69) is 15.7 Å². The van der Waals surface area contributed by atoms with Crippen molar-refractivity contribution in [2.75, 3.05) is 17.7 Å². The molecule has 132 valence electrons. The zero-order chi connectivity index (χ0) is 17.8. The molecule has 1 aromatic carbocycles. The predicted molar refractivity (Wildman–Crippen MR) is 94.7 cm³/mol. The number of rotatable bonds is 5. The molecule has 0 spiro atoms. The van der Waals surface area contributed by atoms with Gasteiger partial charge in [-0.05, 0) is 37.1 Å². The molecule has 1 aliphatic rings. The lowest BCUT2D eigenvalue weighted by Crippen LogP contribution is -2.21. The number of methoxy groups -OCH3 is 1. The summed E-state index contributed by atoms with van der Waals surface area (Å²) in [5.74, 6) is 0.973.